The number of nitrogens with one attached hydrogen (secondary N) is 1. The van der Waals surface area contributed by atoms with Crippen LogP contribution in [0.5, 0.6) is 0 Å². The Morgan fingerprint density at radius 2 is 2.04 bits per heavy atom. The highest BCUT2D eigenvalue weighted by Crippen LogP contribution is 2.46. The highest BCUT2D eigenvalue weighted by molar-refractivity contribution is 6.32. The van der Waals surface area contributed by atoms with E-state index >= 15 is 0 Å². The van der Waals surface area contributed by atoms with Gasteiger partial charge in [0.15, 0.2) is 5.69 Å². The number of amides is 1. The Labute approximate surface area is 163 Å². The van der Waals surface area contributed by atoms with Gasteiger partial charge in [-0.1, -0.05) is 23.7 Å². The van der Waals surface area contributed by atoms with Crippen molar-refractivity contribution in [2.24, 2.45) is 7.05 Å². The molecule has 1 aliphatic rings. The van der Waals surface area contributed by atoms with Crippen molar-refractivity contribution >= 4 is 34.5 Å². The van der Waals surface area contributed by atoms with E-state index in [-0.39, 0.29) is 29.8 Å². The second-order valence-electron chi connectivity index (χ2n) is 6.82. The van der Waals surface area contributed by atoms with Crippen LogP contribution >= 0.6 is 11.6 Å². The maximum absolute atomic E-state index is 13.1. The van der Waals surface area contributed by atoms with Crippen LogP contribution in [-0.4, -0.2) is 25.2 Å². The number of imidazole rings is 1. The molecule has 2 aromatic heterocycles. The van der Waals surface area contributed by atoms with Gasteiger partial charge in [0.25, 0.3) is 0 Å². The highest BCUT2D eigenvalue weighted by atomic mass is 35.5. The van der Waals surface area contributed by atoms with E-state index in [2.05, 4.69) is 15.4 Å². The van der Waals surface area contributed by atoms with Crippen molar-refractivity contribution in [1.82, 2.24) is 19.3 Å². The van der Waals surface area contributed by atoms with Crippen LogP contribution in [0.25, 0.3) is 11.0 Å². The first kappa shape index (κ1) is 18.8. The molecule has 1 amide bonds. The lowest BCUT2D eigenvalue weighted by Gasteiger charge is -2.08. The number of nitrogens with zero attached hydrogens (tertiary/aromatic N) is 4. The van der Waals surface area contributed by atoms with E-state index in [1.165, 1.54) is 4.68 Å². The molecule has 0 aliphatic heterocycles. The summed E-state index contributed by atoms with van der Waals surface area (Å²) < 4.78 is 42.3. The Morgan fingerprint density at radius 1 is 1.32 bits per heavy atom. The molecule has 0 unspecified atom stereocenters. The fraction of sp³-hybridized carbons (Fsp3) is 0.389. The van der Waals surface area contributed by atoms with Crippen LogP contribution in [-0.2, 0) is 24.6 Å². The van der Waals surface area contributed by atoms with E-state index in [9.17, 15) is 18.0 Å². The molecule has 0 radical (unpaired) electrons. The Kier molecular flexibility index (Phi) is 4.57. The van der Waals surface area contributed by atoms with Crippen LogP contribution in [0.15, 0.2) is 24.3 Å². The standard InChI is InChI=1S/C18H17ClF3N5O/c1-26-12-5-3-2-4-11(12)23-17(26)24-13(28)8-9-27-15(10-6-7-10)14(19)16(25-27)18(20,21)22/h2-5,10H,6-9H2,1H3,(H,23,24,28). The largest absolute Gasteiger partial charge is 0.436 e. The first-order chi connectivity index (χ1) is 13.3. The van der Waals surface area contributed by atoms with Crippen molar-refractivity contribution in [3.05, 3.63) is 40.7 Å². The van der Waals surface area contributed by atoms with Crippen LogP contribution in [0.4, 0.5) is 19.1 Å². The van der Waals surface area contributed by atoms with Crippen LogP contribution in [0, 0.1) is 0 Å². The molecule has 10 heteroatoms. The van der Waals surface area contributed by atoms with Gasteiger partial charge in [-0.2, -0.15) is 18.3 Å². The van der Waals surface area contributed by atoms with Crippen LogP contribution in [0.3, 0.4) is 0 Å². The summed E-state index contributed by atoms with van der Waals surface area (Å²) in [4.78, 5) is 16.7. The summed E-state index contributed by atoms with van der Waals surface area (Å²) in [5.41, 5.74) is 0.879. The highest BCUT2D eigenvalue weighted by Gasteiger charge is 2.42. The van der Waals surface area contributed by atoms with E-state index in [0.29, 0.717) is 11.6 Å². The van der Waals surface area contributed by atoms with Crippen molar-refractivity contribution < 1.29 is 18.0 Å². The Morgan fingerprint density at radius 3 is 2.68 bits per heavy atom. The predicted octanol–water partition coefficient (Wildman–Crippen LogP) is 4.35. The number of fused-ring (bicyclic) bond motifs is 1. The fourth-order valence-electron chi connectivity index (χ4n) is 3.20. The zero-order valence-corrected chi connectivity index (χ0v) is 15.7. The third kappa shape index (κ3) is 3.46. The maximum Gasteiger partial charge on any atom is 0.436 e. The molecule has 148 valence electrons. The number of halogens is 4. The van der Waals surface area contributed by atoms with Crippen molar-refractivity contribution in [3.8, 4) is 0 Å². The molecule has 1 N–H and O–H groups in total. The minimum atomic E-state index is -4.62. The van der Waals surface area contributed by atoms with Gasteiger partial charge in [0.05, 0.1) is 28.3 Å². The number of anilines is 1. The molecule has 1 aromatic carbocycles. The Bertz CT molecular complexity index is 1050. The van der Waals surface area contributed by atoms with Gasteiger partial charge in [-0.05, 0) is 25.0 Å². The van der Waals surface area contributed by atoms with Gasteiger partial charge < -0.3 is 4.57 Å². The van der Waals surface area contributed by atoms with E-state index in [0.717, 1.165) is 23.9 Å². The molecule has 2 heterocycles. The molecular formula is C18H17ClF3N5O. The molecule has 6 nitrogen and oxygen atoms in total. The molecular weight excluding hydrogens is 395 g/mol. The van der Waals surface area contributed by atoms with Gasteiger partial charge in [0, 0.05) is 19.4 Å². The van der Waals surface area contributed by atoms with Crippen molar-refractivity contribution in [2.45, 2.75) is 37.9 Å². The topological polar surface area (TPSA) is 64.7 Å². The van der Waals surface area contributed by atoms with Gasteiger partial charge in [-0.15, -0.1) is 0 Å². The summed E-state index contributed by atoms with van der Waals surface area (Å²) in [5, 5.41) is 5.98. The van der Waals surface area contributed by atoms with E-state index in [1.54, 1.807) is 11.6 Å². The van der Waals surface area contributed by atoms with Crippen LogP contribution in [0.1, 0.15) is 36.6 Å². The lowest BCUT2D eigenvalue weighted by molar-refractivity contribution is -0.141. The molecule has 1 aliphatic carbocycles. The third-order valence-corrected chi connectivity index (χ3v) is 5.13. The number of para-hydroxylation sites is 2. The normalized spacial score (nSPS) is 14.6. The number of benzene rings is 1. The zero-order valence-electron chi connectivity index (χ0n) is 14.9. The summed E-state index contributed by atoms with van der Waals surface area (Å²) in [5.74, 6) is -0.0116. The third-order valence-electron chi connectivity index (χ3n) is 4.75. The average molecular weight is 412 g/mol. The van der Waals surface area contributed by atoms with E-state index < -0.39 is 11.9 Å². The second kappa shape index (κ2) is 6.80. The van der Waals surface area contributed by atoms with Gasteiger partial charge >= 0.3 is 6.18 Å². The molecule has 0 bridgehead atoms. The first-order valence-electron chi connectivity index (χ1n) is 8.80. The van der Waals surface area contributed by atoms with Gasteiger partial charge in [-0.25, -0.2) is 4.98 Å². The molecule has 4 rings (SSSR count). The molecule has 1 saturated carbocycles. The minimum absolute atomic E-state index is 0.0113. The van der Waals surface area contributed by atoms with Crippen molar-refractivity contribution in [3.63, 3.8) is 0 Å². The second-order valence-corrected chi connectivity index (χ2v) is 7.20. The van der Waals surface area contributed by atoms with Gasteiger partial charge in [0.1, 0.15) is 0 Å². The number of rotatable bonds is 5. The Hall–Kier alpha value is -2.55. The fourth-order valence-corrected chi connectivity index (χ4v) is 3.60. The number of aryl methyl sites for hydroxylation is 2. The predicted molar refractivity (Wildman–Crippen MR) is 98.2 cm³/mol. The summed E-state index contributed by atoms with van der Waals surface area (Å²) in [6.45, 7) is 0.0113. The molecule has 0 saturated heterocycles. The SMILES string of the molecule is Cn1c(NC(=O)CCn2nc(C(F)(F)F)c(Cl)c2C2CC2)nc2ccccc21. The Balaban J connectivity index is 1.50. The monoisotopic (exact) mass is 411 g/mol. The van der Waals surface area contributed by atoms with Crippen LogP contribution < -0.4 is 5.32 Å². The molecule has 3 aromatic rings. The van der Waals surface area contributed by atoms with E-state index in [4.69, 9.17) is 11.6 Å². The minimum Gasteiger partial charge on any atom is -0.313 e. The maximum atomic E-state index is 13.1. The lowest BCUT2D eigenvalue weighted by atomic mass is 10.2. The number of carbonyl (C=O) groups excluding carboxylic acids is 1. The zero-order chi connectivity index (χ0) is 20.1. The van der Waals surface area contributed by atoms with Crippen molar-refractivity contribution in [2.75, 3.05) is 5.32 Å². The smallest absolute Gasteiger partial charge is 0.313 e. The molecule has 1 fully saturated rings. The number of carbonyl (C=O) groups is 1. The molecule has 0 spiro atoms. The van der Waals surface area contributed by atoms with Crippen LogP contribution in [0.2, 0.25) is 5.02 Å². The summed E-state index contributed by atoms with van der Waals surface area (Å²) >= 11 is 5.94. The summed E-state index contributed by atoms with van der Waals surface area (Å²) in [7, 11) is 1.78. The van der Waals surface area contributed by atoms with E-state index in [1.807, 2.05) is 24.3 Å². The molecule has 28 heavy (non-hydrogen) atoms. The molecule has 0 atom stereocenters. The lowest BCUT2D eigenvalue weighted by Crippen LogP contribution is -2.18. The summed E-state index contributed by atoms with van der Waals surface area (Å²) in [6, 6.07) is 7.43. The number of hydrogen-bond acceptors (Lipinski definition) is 3. The number of alkyl halides is 3. The average Bonchev–Trinajstić information content (AvgIpc) is 3.34. The van der Waals surface area contributed by atoms with Gasteiger partial charge in [0.2, 0.25) is 11.9 Å². The van der Waals surface area contributed by atoms with Crippen molar-refractivity contribution in [1.29, 1.82) is 0 Å². The summed E-state index contributed by atoms with van der Waals surface area (Å²) in [6.07, 6.45) is -3.12. The number of aromatic nitrogens is 4. The quantitative estimate of drug-likeness (QED) is 0.679. The first-order valence-corrected chi connectivity index (χ1v) is 9.18. The van der Waals surface area contributed by atoms with Gasteiger partial charge in [-0.3, -0.25) is 14.8 Å². The number of hydrogen-bond donors (Lipinski definition) is 1.